The van der Waals surface area contributed by atoms with Gasteiger partial charge in [0.2, 0.25) is 0 Å². The zero-order valence-electron chi connectivity index (χ0n) is 21.8. The minimum absolute atomic E-state index is 0.0735. The molecule has 2 fully saturated rings. The van der Waals surface area contributed by atoms with Crippen molar-refractivity contribution in [3.05, 3.63) is 65.4 Å². The van der Waals surface area contributed by atoms with Gasteiger partial charge in [0.15, 0.2) is 16.8 Å². The summed E-state index contributed by atoms with van der Waals surface area (Å²) in [6.07, 6.45) is 0.872. The zero-order chi connectivity index (χ0) is 27.6. The van der Waals surface area contributed by atoms with Gasteiger partial charge in [0.05, 0.1) is 36.0 Å². The van der Waals surface area contributed by atoms with Gasteiger partial charge in [-0.3, -0.25) is 9.69 Å². The molecule has 0 spiro atoms. The van der Waals surface area contributed by atoms with E-state index >= 15 is 0 Å². The standard InChI is InChI=1S/C28H32F2N4O4S/c1-2-22-25(27(35)33-14-16-38-17-15-33)31-34(26(22)23-6-3-4-7-24(23)39(36)37)21-10-8-20(9-11-21)18-32-13-5-12-28(29,30)19-32/h3-4,6-11H,2,5,12-19H2,1H3,(H,36,37). The van der Waals surface area contributed by atoms with Crippen LogP contribution < -0.4 is 0 Å². The summed E-state index contributed by atoms with van der Waals surface area (Å²) in [6.45, 7) is 4.56. The van der Waals surface area contributed by atoms with Crippen LogP contribution in [0.25, 0.3) is 16.9 Å². The summed E-state index contributed by atoms with van der Waals surface area (Å²) in [5, 5.41) is 4.76. The number of likely N-dealkylation sites (tertiary alicyclic amines) is 1. The molecule has 1 N–H and O–H groups in total. The van der Waals surface area contributed by atoms with Crippen LogP contribution in [0.2, 0.25) is 0 Å². The number of aromatic nitrogens is 2. The van der Waals surface area contributed by atoms with E-state index in [1.807, 2.05) is 31.2 Å². The number of benzene rings is 2. The molecule has 2 saturated heterocycles. The molecule has 0 saturated carbocycles. The third-order valence-electron chi connectivity index (χ3n) is 7.23. The highest BCUT2D eigenvalue weighted by Gasteiger charge is 2.35. The van der Waals surface area contributed by atoms with Crippen LogP contribution in [-0.2, 0) is 28.8 Å². The molecular formula is C28H32F2N4O4S. The Bertz CT molecular complexity index is 1360. The van der Waals surface area contributed by atoms with Crippen LogP contribution in [0.3, 0.4) is 0 Å². The molecule has 2 aliphatic heterocycles. The van der Waals surface area contributed by atoms with Gasteiger partial charge < -0.3 is 14.2 Å². The highest BCUT2D eigenvalue weighted by atomic mass is 32.2. The maximum Gasteiger partial charge on any atom is 0.274 e. The summed E-state index contributed by atoms with van der Waals surface area (Å²) in [4.78, 5) is 17.3. The lowest BCUT2D eigenvalue weighted by Gasteiger charge is -2.32. The van der Waals surface area contributed by atoms with Gasteiger partial charge in [-0.1, -0.05) is 37.3 Å². The van der Waals surface area contributed by atoms with Crippen molar-refractivity contribution in [2.24, 2.45) is 0 Å². The molecule has 0 bridgehead atoms. The van der Waals surface area contributed by atoms with E-state index in [-0.39, 0.29) is 23.8 Å². The van der Waals surface area contributed by atoms with Crippen LogP contribution in [0.15, 0.2) is 53.4 Å². The second-order valence-electron chi connectivity index (χ2n) is 9.93. The topological polar surface area (TPSA) is 87.9 Å². The number of hydrogen-bond acceptors (Lipinski definition) is 5. The van der Waals surface area contributed by atoms with E-state index in [1.165, 1.54) is 0 Å². The summed E-state index contributed by atoms with van der Waals surface area (Å²) in [5.74, 6) is -2.87. The number of hydrogen-bond donors (Lipinski definition) is 1. The number of ether oxygens (including phenoxy) is 1. The van der Waals surface area contributed by atoms with Crippen molar-refractivity contribution >= 4 is 17.0 Å². The van der Waals surface area contributed by atoms with Crippen molar-refractivity contribution in [3.63, 3.8) is 0 Å². The second-order valence-corrected chi connectivity index (χ2v) is 10.9. The van der Waals surface area contributed by atoms with Crippen LogP contribution in [-0.4, -0.2) is 79.6 Å². The van der Waals surface area contributed by atoms with Crippen molar-refractivity contribution in [2.45, 2.75) is 43.5 Å². The van der Waals surface area contributed by atoms with Crippen molar-refractivity contribution in [3.8, 4) is 16.9 Å². The van der Waals surface area contributed by atoms with Crippen LogP contribution >= 0.6 is 0 Å². The van der Waals surface area contributed by atoms with Crippen molar-refractivity contribution in [1.82, 2.24) is 19.6 Å². The fraction of sp³-hybridized carbons (Fsp3) is 0.429. The first kappa shape index (κ1) is 27.6. The Labute approximate surface area is 228 Å². The molecule has 3 aromatic rings. The van der Waals surface area contributed by atoms with Gasteiger partial charge in [0, 0.05) is 37.2 Å². The Morgan fingerprint density at radius 3 is 2.49 bits per heavy atom. The average molecular weight is 559 g/mol. The third-order valence-corrected chi connectivity index (χ3v) is 7.96. The van der Waals surface area contributed by atoms with E-state index in [0.29, 0.717) is 80.4 Å². The van der Waals surface area contributed by atoms with Crippen LogP contribution in [0.1, 0.15) is 41.4 Å². The SMILES string of the molecule is CCc1c(C(=O)N2CCOCC2)nn(-c2ccc(CN3CCCC(F)(F)C3)cc2)c1-c1ccccc1S(=O)O. The van der Waals surface area contributed by atoms with Crippen LogP contribution in [0.4, 0.5) is 8.78 Å². The Morgan fingerprint density at radius 2 is 1.82 bits per heavy atom. The normalized spacial score (nSPS) is 18.7. The Balaban J connectivity index is 1.56. The third kappa shape index (κ3) is 5.96. The highest BCUT2D eigenvalue weighted by molar-refractivity contribution is 7.79. The van der Waals surface area contributed by atoms with Gasteiger partial charge in [0.25, 0.3) is 11.8 Å². The van der Waals surface area contributed by atoms with E-state index in [2.05, 4.69) is 0 Å². The van der Waals surface area contributed by atoms with E-state index < -0.39 is 17.0 Å². The monoisotopic (exact) mass is 558 g/mol. The molecule has 3 heterocycles. The second kappa shape index (κ2) is 11.6. The quantitative estimate of drug-likeness (QED) is 0.433. The number of rotatable bonds is 7. The van der Waals surface area contributed by atoms with E-state index in [1.54, 1.807) is 38.7 Å². The molecule has 208 valence electrons. The molecule has 1 amide bonds. The maximum absolute atomic E-state index is 13.9. The Morgan fingerprint density at radius 1 is 1.10 bits per heavy atom. The van der Waals surface area contributed by atoms with Crippen molar-refractivity contribution in [2.75, 3.05) is 39.4 Å². The largest absolute Gasteiger partial charge is 0.378 e. The molecule has 8 nitrogen and oxygen atoms in total. The summed E-state index contributed by atoms with van der Waals surface area (Å²) in [5.41, 5.74) is 3.63. The van der Waals surface area contributed by atoms with Gasteiger partial charge in [0.1, 0.15) is 0 Å². The van der Waals surface area contributed by atoms with Crippen molar-refractivity contribution in [1.29, 1.82) is 0 Å². The molecular weight excluding hydrogens is 526 g/mol. The maximum atomic E-state index is 13.9. The van der Waals surface area contributed by atoms with Crippen LogP contribution in [0, 0.1) is 0 Å². The Kier molecular flexibility index (Phi) is 8.22. The molecule has 2 aliphatic rings. The van der Waals surface area contributed by atoms with Gasteiger partial charge in [-0.2, -0.15) is 5.10 Å². The van der Waals surface area contributed by atoms with E-state index in [4.69, 9.17) is 9.84 Å². The molecule has 11 heteroatoms. The fourth-order valence-electron chi connectivity index (χ4n) is 5.33. The van der Waals surface area contributed by atoms with E-state index in [9.17, 15) is 22.3 Å². The number of halogens is 2. The Hall–Kier alpha value is -2.99. The van der Waals surface area contributed by atoms with Crippen molar-refractivity contribution < 1.29 is 27.1 Å². The number of piperidine rings is 1. The molecule has 1 unspecified atom stereocenters. The van der Waals surface area contributed by atoms with Gasteiger partial charge in [-0.25, -0.2) is 17.7 Å². The molecule has 1 atom stereocenters. The molecule has 2 aromatic carbocycles. The number of alkyl halides is 2. The number of carbonyl (C=O) groups is 1. The van der Waals surface area contributed by atoms with Gasteiger partial charge in [-0.15, -0.1) is 0 Å². The summed E-state index contributed by atoms with van der Waals surface area (Å²) >= 11 is -2.26. The molecule has 5 rings (SSSR count). The number of carbonyl (C=O) groups excluding carboxylic acids is 1. The number of morpholine rings is 1. The lowest BCUT2D eigenvalue weighted by Crippen LogP contribution is -2.41. The predicted molar refractivity (Wildman–Crippen MR) is 144 cm³/mol. The summed E-state index contributed by atoms with van der Waals surface area (Å²) in [6, 6.07) is 14.2. The number of amides is 1. The molecule has 0 radical (unpaired) electrons. The first-order valence-corrected chi connectivity index (χ1v) is 14.3. The summed E-state index contributed by atoms with van der Waals surface area (Å²) < 4.78 is 57.1. The minimum Gasteiger partial charge on any atom is -0.378 e. The molecule has 1 aromatic heterocycles. The minimum atomic E-state index is -2.66. The lowest BCUT2D eigenvalue weighted by molar-refractivity contribution is -0.0661. The highest BCUT2D eigenvalue weighted by Crippen LogP contribution is 2.34. The van der Waals surface area contributed by atoms with Gasteiger partial charge >= 0.3 is 0 Å². The predicted octanol–water partition coefficient (Wildman–Crippen LogP) is 4.39. The first-order chi connectivity index (χ1) is 18.8. The average Bonchev–Trinajstić information content (AvgIpc) is 3.32. The smallest absolute Gasteiger partial charge is 0.274 e. The molecule has 0 aliphatic carbocycles. The number of nitrogens with zero attached hydrogens (tertiary/aromatic N) is 4. The van der Waals surface area contributed by atoms with Crippen LogP contribution in [0.5, 0.6) is 0 Å². The lowest BCUT2D eigenvalue weighted by atomic mass is 10.0. The first-order valence-electron chi connectivity index (χ1n) is 13.2. The molecule has 39 heavy (non-hydrogen) atoms. The fourth-order valence-corrected chi connectivity index (χ4v) is 5.88. The zero-order valence-corrected chi connectivity index (χ0v) is 22.6. The summed E-state index contributed by atoms with van der Waals surface area (Å²) in [7, 11) is 0. The van der Waals surface area contributed by atoms with E-state index in [0.717, 1.165) is 5.56 Å². The van der Waals surface area contributed by atoms with Gasteiger partial charge in [-0.05, 0) is 43.1 Å².